The van der Waals surface area contributed by atoms with Crippen LogP contribution in [0.2, 0.25) is 0 Å². The number of aromatic nitrogens is 1. The molecule has 0 spiro atoms. The molecule has 1 amide bonds. The summed E-state index contributed by atoms with van der Waals surface area (Å²) in [4.78, 5) is 41.4. The second-order valence-corrected chi connectivity index (χ2v) is 9.35. The van der Waals surface area contributed by atoms with Gasteiger partial charge in [-0.3, -0.25) is 14.2 Å². The molecular weight excluding hydrogens is 518 g/mol. The molecule has 1 aromatic carbocycles. The van der Waals surface area contributed by atoms with Crippen LogP contribution in [0.1, 0.15) is 13.8 Å². The van der Waals surface area contributed by atoms with Crippen molar-refractivity contribution in [2.75, 3.05) is 51.3 Å². The number of benzene rings is 1. The van der Waals surface area contributed by atoms with Crippen LogP contribution < -0.4 is 24.8 Å². The molecule has 0 atom stereocenters. The highest BCUT2D eigenvalue weighted by molar-refractivity contribution is 7.07. The molecule has 2 aromatic rings. The Balaban J connectivity index is 1.74. The lowest BCUT2D eigenvalue weighted by molar-refractivity contribution is -0.137. The number of likely N-dealkylation sites (N-methyl/N-ethyl adjacent to an activating group) is 1. The van der Waals surface area contributed by atoms with Crippen LogP contribution in [0.25, 0.3) is 11.5 Å². The number of hydrogen-bond donors (Lipinski definition) is 1. The van der Waals surface area contributed by atoms with Crippen molar-refractivity contribution in [1.29, 1.82) is 5.26 Å². The van der Waals surface area contributed by atoms with Crippen LogP contribution in [0.5, 0.6) is 5.75 Å². The standard InChI is InChI=1S/C28H31N5O5S/c1-4-16-37-28(36)21(19-29)17-26-33(6-3)27(35)24(39-26)10-11-30-22-8-7-9-23(18-22)38-20-25(34)32-14-12-31(5-2)13-15-32/h4,7-9,11,18,30H,1,5-6,12-16,20H2,2-3H3. The largest absolute Gasteiger partial charge is 0.484 e. The van der Waals surface area contributed by atoms with E-state index in [0.717, 1.165) is 31.0 Å². The van der Waals surface area contributed by atoms with E-state index in [2.05, 4.69) is 35.2 Å². The zero-order valence-electron chi connectivity index (χ0n) is 22.1. The molecular formula is C28H31N5O5S. The minimum Gasteiger partial charge on any atom is -0.484 e. The van der Waals surface area contributed by atoms with E-state index in [9.17, 15) is 19.6 Å². The van der Waals surface area contributed by atoms with Gasteiger partial charge in [-0.15, -0.1) is 0 Å². The topological polar surface area (TPSA) is 117 Å². The average Bonchev–Trinajstić information content (AvgIpc) is 3.26. The molecule has 1 saturated heterocycles. The number of anilines is 1. The van der Waals surface area contributed by atoms with Crippen LogP contribution in [-0.4, -0.2) is 72.2 Å². The van der Waals surface area contributed by atoms with Gasteiger partial charge < -0.3 is 24.6 Å². The predicted octanol–water partition coefficient (Wildman–Crippen LogP) is 1.04. The van der Waals surface area contributed by atoms with Gasteiger partial charge in [0, 0.05) is 50.7 Å². The van der Waals surface area contributed by atoms with E-state index in [0.29, 0.717) is 35.7 Å². The maximum Gasteiger partial charge on any atom is 0.357 e. The molecule has 0 saturated carbocycles. The Morgan fingerprint density at radius 3 is 2.64 bits per heavy atom. The van der Waals surface area contributed by atoms with Gasteiger partial charge in [0.1, 0.15) is 27.6 Å². The number of nitrogens with zero attached hydrogens (tertiary/aromatic N) is 4. The number of rotatable bonds is 10. The quantitative estimate of drug-likeness (QED) is 0.202. The number of carbonyl (C=O) groups is 2. The van der Waals surface area contributed by atoms with Crippen LogP contribution in [-0.2, 0) is 20.9 Å². The Morgan fingerprint density at radius 2 is 1.97 bits per heavy atom. The number of hydrogen-bond acceptors (Lipinski definition) is 9. The van der Waals surface area contributed by atoms with Gasteiger partial charge in [-0.05, 0) is 25.6 Å². The molecule has 1 aliphatic rings. The van der Waals surface area contributed by atoms with Gasteiger partial charge >= 0.3 is 5.97 Å². The van der Waals surface area contributed by atoms with Gasteiger partial charge in [0.05, 0.1) is 0 Å². The first-order chi connectivity index (χ1) is 18.9. The zero-order valence-corrected chi connectivity index (χ0v) is 22.9. The van der Waals surface area contributed by atoms with Gasteiger partial charge in [0.15, 0.2) is 12.2 Å². The Kier molecular flexibility index (Phi) is 10.9. The lowest BCUT2D eigenvalue weighted by atomic mass is 10.3. The molecule has 0 aliphatic carbocycles. The number of esters is 1. The number of amides is 1. The van der Waals surface area contributed by atoms with Crippen LogP contribution in [0.4, 0.5) is 5.69 Å². The first kappa shape index (κ1) is 29.2. The fraction of sp³-hybridized carbons (Fsp3) is 0.357. The molecule has 0 unspecified atom stereocenters. The molecule has 0 radical (unpaired) electrons. The van der Waals surface area contributed by atoms with Crippen LogP contribution >= 0.6 is 11.3 Å². The first-order valence-corrected chi connectivity index (χ1v) is 13.3. The molecule has 39 heavy (non-hydrogen) atoms. The fourth-order valence-electron chi connectivity index (χ4n) is 3.73. The van der Waals surface area contributed by atoms with Crippen molar-refractivity contribution in [3.05, 3.63) is 68.2 Å². The van der Waals surface area contributed by atoms with Gasteiger partial charge in [-0.25, -0.2) is 4.79 Å². The summed E-state index contributed by atoms with van der Waals surface area (Å²) in [5.74, 6) is -0.350. The van der Waals surface area contributed by atoms with Gasteiger partial charge in [0.2, 0.25) is 0 Å². The Hall–Kier alpha value is -4.32. The second-order valence-electron chi connectivity index (χ2n) is 8.35. The molecule has 1 fully saturated rings. The van der Waals surface area contributed by atoms with Crippen molar-refractivity contribution in [1.82, 2.24) is 14.4 Å². The predicted molar refractivity (Wildman–Crippen MR) is 149 cm³/mol. The monoisotopic (exact) mass is 549 g/mol. The SMILES string of the molecule is C=CCOC(=O)C(=C=c1sc(=C=CNc2cccc(OCC(=O)N3CCN(CC)CC3)c2)c(=O)n1CC)C#N. The molecule has 2 heterocycles. The highest BCUT2D eigenvalue weighted by atomic mass is 32.1. The Bertz CT molecular complexity index is 1500. The van der Waals surface area contributed by atoms with E-state index < -0.39 is 5.97 Å². The highest BCUT2D eigenvalue weighted by Crippen LogP contribution is 2.17. The smallest absolute Gasteiger partial charge is 0.357 e. The molecule has 1 N–H and O–H groups in total. The number of nitriles is 1. The minimum absolute atomic E-state index is 0.0386. The van der Waals surface area contributed by atoms with Gasteiger partial charge in [-0.2, -0.15) is 5.26 Å². The normalized spacial score (nSPS) is 12.9. The van der Waals surface area contributed by atoms with Crippen molar-refractivity contribution in [2.45, 2.75) is 20.4 Å². The number of ether oxygens (including phenoxy) is 2. The summed E-state index contributed by atoms with van der Waals surface area (Å²) in [6.45, 7) is 11.7. The van der Waals surface area contributed by atoms with Crippen molar-refractivity contribution in [3.63, 3.8) is 0 Å². The molecule has 204 valence electrons. The minimum atomic E-state index is -0.841. The summed E-state index contributed by atoms with van der Waals surface area (Å²) >= 11 is 1.05. The maximum absolute atomic E-state index is 12.8. The van der Waals surface area contributed by atoms with E-state index in [1.54, 1.807) is 31.2 Å². The number of thiazole rings is 1. The summed E-state index contributed by atoms with van der Waals surface area (Å²) in [7, 11) is 0. The lowest BCUT2D eigenvalue weighted by Gasteiger charge is -2.33. The van der Waals surface area contributed by atoms with E-state index in [-0.39, 0.29) is 34.8 Å². The number of nitrogens with one attached hydrogen (secondary N) is 1. The van der Waals surface area contributed by atoms with Crippen molar-refractivity contribution >= 4 is 40.4 Å². The number of carbonyl (C=O) groups excluding carboxylic acids is 2. The van der Waals surface area contributed by atoms with Gasteiger partial charge in [0.25, 0.3) is 11.5 Å². The third kappa shape index (κ3) is 8.08. The van der Waals surface area contributed by atoms with E-state index in [1.807, 2.05) is 11.0 Å². The Labute approximate surface area is 230 Å². The van der Waals surface area contributed by atoms with Gasteiger partial charge in [-0.1, -0.05) is 48.4 Å². The van der Waals surface area contributed by atoms with Crippen molar-refractivity contribution < 1.29 is 19.1 Å². The van der Waals surface area contributed by atoms with Crippen LogP contribution in [0.3, 0.4) is 0 Å². The molecule has 1 aliphatic heterocycles. The molecule has 3 rings (SSSR count). The van der Waals surface area contributed by atoms with E-state index in [4.69, 9.17) is 9.47 Å². The summed E-state index contributed by atoms with van der Waals surface area (Å²) in [5.41, 5.74) is 5.62. The van der Waals surface area contributed by atoms with Crippen LogP contribution in [0.15, 0.2) is 53.5 Å². The fourth-order valence-corrected chi connectivity index (χ4v) is 4.71. The molecule has 10 nitrogen and oxygen atoms in total. The third-order valence-electron chi connectivity index (χ3n) is 5.89. The summed E-state index contributed by atoms with van der Waals surface area (Å²) < 4.78 is 12.6. The average molecular weight is 550 g/mol. The molecule has 0 bridgehead atoms. The number of piperazine rings is 1. The Morgan fingerprint density at radius 1 is 1.21 bits per heavy atom. The summed E-state index contributed by atoms with van der Waals surface area (Å²) in [5, 5.41) is 12.4. The maximum atomic E-state index is 12.8. The van der Waals surface area contributed by atoms with Crippen molar-refractivity contribution in [2.24, 2.45) is 0 Å². The summed E-state index contributed by atoms with van der Waals surface area (Å²) in [6, 6.07) is 8.87. The molecule has 1 aromatic heterocycles. The van der Waals surface area contributed by atoms with Crippen LogP contribution in [0, 0.1) is 11.3 Å². The second kappa shape index (κ2) is 14.6. The lowest BCUT2D eigenvalue weighted by Crippen LogP contribution is -2.49. The van der Waals surface area contributed by atoms with E-state index in [1.165, 1.54) is 16.8 Å². The first-order valence-electron chi connectivity index (χ1n) is 12.5. The van der Waals surface area contributed by atoms with E-state index >= 15 is 0 Å². The highest BCUT2D eigenvalue weighted by Gasteiger charge is 2.20. The van der Waals surface area contributed by atoms with Crippen molar-refractivity contribution in [3.8, 4) is 11.8 Å². The zero-order chi connectivity index (χ0) is 28.2. The third-order valence-corrected chi connectivity index (χ3v) is 6.90. The molecule has 11 heteroatoms. The summed E-state index contributed by atoms with van der Waals surface area (Å²) in [6.07, 6.45) is 2.88.